The third kappa shape index (κ3) is 2.55. The van der Waals surface area contributed by atoms with E-state index in [0.717, 1.165) is 24.8 Å². The Morgan fingerprint density at radius 2 is 2.10 bits per heavy atom. The van der Waals surface area contributed by atoms with E-state index in [1.54, 1.807) is 24.3 Å². The molecular weight excluding hydrogens is 258 g/mol. The van der Waals surface area contributed by atoms with Gasteiger partial charge in [-0.3, -0.25) is 4.79 Å². The summed E-state index contributed by atoms with van der Waals surface area (Å²) in [7, 11) is 0. The van der Waals surface area contributed by atoms with Crippen molar-refractivity contribution in [2.75, 3.05) is 6.54 Å². The monoisotopic (exact) mass is 273 g/mol. The SMILES string of the molecule is O=C(NCC1(O)CCC1)c1ccc(-c2nnco2)cc1. The van der Waals surface area contributed by atoms with Crippen LogP contribution in [0, 0.1) is 0 Å². The second-order valence-corrected chi connectivity index (χ2v) is 5.08. The Morgan fingerprint density at radius 1 is 1.35 bits per heavy atom. The van der Waals surface area contributed by atoms with Crippen molar-refractivity contribution in [2.24, 2.45) is 0 Å². The summed E-state index contributed by atoms with van der Waals surface area (Å²) in [5.41, 5.74) is 0.590. The van der Waals surface area contributed by atoms with Crippen LogP contribution in [-0.2, 0) is 0 Å². The van der Waals surface area contributed by atoms with E-state index in [1.165, 1.54) is 6.39 Å². The average molecular weight is 273 g/mol. The van der Waals surface area contributed by atoms with Crippen LogP contribution in [0.3, 0.4) is 0 Å². The first-order valence-corrected chi connectivity index (χ1v) is 6.53. The van der Waals surface area contributed by atoms with Crippen molar-refractivity contribution in [3.8, 4) is 11.5 Å². The summed E-state index contributed by atoms with van der Waals surface area (Å²) in [5, 5.41) is 20.1. The Morgan fingerprint density at radius 3 is 2.65 bits per heavy atom. The fourth-order valence-corrected chi connectivity index (χ4v) is 2.17. The normalized spacial score (nSPS) is 16.4. The van der Waals surface area contributed by atoms with Crippen molar-refractivity contribution in [1.82, 2.24) is 15.5 Å². The van der Waals surface area contributed by atoms with Crippen LogP contribution in [0.5, 0.6) is 0 Å². The molecule has 2 N–H and O–H groups in total. The van der Waals surface area contributed by atoms with Crippen LogP contribution in [0.15, 0.2) is 35.1 Å². The highest BCUT2D eigenvalue weighted by Gasteiger charge is 2.34. The number of carbonyl (C=O) groups is 1. The first kappa shape index (κ1) is 12.8. The standard InChI is InChI=1S/C14H15N3O3/c18-12(15-8-14(19)6-1-7-14)10-2-4-11(5-3-10)13-17-16-9-20-13/h2-5,9,19H,1,6-8H2,(H,15,18). The van der Waals surface area contributed by atoms with Gasteiger partial charge in [-0.25, -0.2) is 0 Å². The number of nitrogens with one attached hydrogen (secondary N) is 1. The van der Waals surface area contributed by atoms with Crippen LogP contribution >= 0.6 is 0 Å². The number of hydrogen-bond acceptors (Lipinski definition) is 5. The smallest absolute Gasteiger partial charge is 0.251 e. The first-order chi connectivity index (χ1) is 9.66. The number of aliphatic hydroxyl groups is 1. The fraction of sp³-hybridized carbons (Fsp3) is 0.357. The molecule has 1 fully saturated rings. The number of amides is 1. The van der Waals surface area contributed by atoms with E-state index in [4.69, 9.17) is 4.42 Å². The Balaban J connectivity index is 1.63. The molecule has 1 aliphatic carbocycles. The van der Waals surface area contributed by atoms with Gasteiger partial charge in [0.15, 0.2) is 0 Å². The zero-order chi connectivity index (χ0) is 14.0. The van der Waals surface area contributed by atoms with Crippen LogP contribution < -0.4 is 5.32 Å². The largest absolute Gasteiger partial charge is 0.423 e. The lowest BCUT2D eigenvalue weighted by molar-refractivity contribution is -0.0300. The molecule has 0 radical (unpaired) electrons. The van der Waals surface area contributed by atoms with E-state index in [2.05, 4.69) is 15.5 Å². The maximum atomic E-state index is 12.0. The molecule has 0 atom stereocenters. The molecule has 20 heavy (non-hydrogen) atoms. The highest BCUT2D eigenvalue weighted by molar-refractivity contribution is 5.94. The minimum Gasteiger partial charge on any atom is -0.423 e. The molecule has 0 bridgehead atoms. The molecule has 0 unspecified atom stereocenters. The topological polar surface area (TPSA) is 88.2 Å². The minimum absolute atomic E-state index is 0.192. The molecular formula is C14H15N3O3. The van der Waals surface area contributed by atoms with Gasteiger partial charge in [-0.1, -0.05) is 0 Å². The molecule has 1 aromatic heterocycles. The Labute approximate surface area is 115 Å². The summed E-state index contributed by atoms with van der Waals surface area (Å²) in [5.74, 6) is 0.225. The van der Waals surface area contributed by atoms with Crippen LogP contribution in [0.25, 0.3) is 11.5 Å². The van der Waals surface area contributed by atoms with Gasteiger partial charge in [0, 0.05) is 17.7 Å². The molecule has 1 aliphatic rings. The molecule has 0 aliphatic heterocycles. The summed E-state index contributed by atoms with van der Waals surface area (Å²) in [6.45, 7) is 0.303. The van der Waals surface area contributed by atoms with E-state index < -0.39 is 5.60 Å². The number of aromatic nitrogens is 2. The van der Waals surface area contributed by atoms with Crippen LogP contribution in [0.2, 0.25) is 0 Å². The van der Waals surface area contributed by atoms with Crippen LogP contribution in [-0.4, -0.2) is 33.4 Å². The van der Waals surface area contributed by atoms with Gasteiger partial charge in [0.2, 0.25) is 12.3 Å². The van der Waals surface area contributed by atoms with Crippen molar-refractivity contribution in [1.29, 1.82) is 0 Å². The molecule has 104 valence electrons. The summed E-state index contributed by atoms with van der Waals surface area (Å²) in [6, 6.07) is 6.89. The maximum Gasteiger partial charge on any atom is 0.251 e. The number of rotatable bonds is 4. The minimum atomic E-state index is -0.709. The molecule has 0 saturated heterocycles. The molecule has 1 saturated carbocycles. The quantitative estimate of drug-likeness (QED) is 0.878. The highest BCUT2D eigenvalue weighted by Crippen LogP contribution is 2.30. The van der Waals surface area contributed by atoms with Gasteiger partial charge < -0.3 is 14.8 Å². The first-order valence-electron chi connectivity index (χ1n) is 6.53. The van der Waals surface area contributed by atoms with Crippen molar-refractivity contribution < 1.29 is 14.3 Å². The third-order valence-electron chi connectivity index (χ3n) is 3.62. The van der Waals surface area contributed by atoms with Gasteiger partial charge in [-0.05, 0) is 43.5 Å². The molecule has 0 spiro atoms. The Bertz CT molecular complexity index is 589. The number of hydrogen-bond donors (Lipinski definition) is 2. The summed E-state index contributed by atoms with van der Waals surface area (Å²) >= 11 is 0. The number of benzene rings is 1. The van der Waals surface area contributed by atoms with E-state index in [9.17, 15) is 9.90 Å². The zero-order valence-electron chi connectivity index (χ0n) is 10.9. The summed E-state index contributed by atoms with van der Waals surface area (Å²) in [4.78, 5) is 12.0. The zero-order valence-corrected chi connectivity index (χ0v) is 10.9. The average Bonchev–Trinajstić information content (AvgIpc) is 2.97. The lowest BCUT2D eigenvalue weighted by atomic mass is 9.80. The predicted octanol–water partition coefficient (Wildman–Crippen LogP) is 1.38. The predicted molar refractivity (Wildman–Crippen MR) is 70.9 cm³/mol. The van der Waals surface area contributed by atoms with Crippen molar-refractivity contribution in [3.05, 3.63) is 36.2 Å². The Hall–Kier alpha value is -2.21. The van der Waals surface area contributed by atoms with Crippen molar-refractivity contribution >= 4 is 5.91 Å². The summed E-state index contributed by atoms with van der Waals surface area (Å²) < 4.78 is 5.08. The van der Waals surface area contributed by atoms with E-state index in [1.807, 2.05) is 0 Å². The van der Waals surface area contributed by atoms with Crippen molar-refractivity contribution in [3.63, 3.8) is 0 Å². The second-order valence-electron chi connectivity index (χ2n) is 5.08. The van der Waals surface area contributed by atoms with E-state index in [0.29, 0.717) is 18.0 Å². The van der Waals surface area contributed by atoms with Gasteiger partial charge >= 0.3 is 0 Å². The lowest BCUT2D eigenvalue weighted by Crippen LogP contribution is -2.47. The van der Waals surface area contributed by atoms with Crippen molar-refractivity contribution in [2.45, 2.75) is 24.9 Å². The second kappa shape index (κ2) is 5.05. The van der Waals surface area contributed by atoms with E-state index >= 15 is 0 Å². The van der Waals surface area contributed by atoms with Gasteiger partial charge in [-0.15, -0.1) is 10.2 Å². The van der Waals surface area contributed by atoms with Gasteiger partial charge in [0.1, 0.15) is 0 Å². The van der Waals surface area contributed by atoms with Gasteiger partial charge in [-0.2, -0.15) is 0 Å². The summed E-state index contributed by atoms with van der Waals surface area (Å²) in [6.07, 6.45) is 3.78. The van der Waals surface area contributed by atoms with Crippen LogP contribution in [0.1, 0.15) is 29.6 Å². The molecule has 2 aromatic rings. The van der Waals surface area contributed by atoms with Gasteiger partial charge in [0.05, 0.1) is 5.60 Å². The highest BCUT2D eigenvalue weighted by atomic mass is 16.4. The molecule has 6 nitrogen and oxygen atoms in total. The molecule has 1 amide bonds. The lowest BCUT2D eigenvalue weighted by Gasteiger charge is -2.36. The maximum absolute atomic E-state index is 12.0. The third-order valence-corrected chi connectivity index (χ3v) is 3.62. The van der Waals surface area contributed by atoms with E-state index in [-0.39, 0.29) is 5.91 Å². The molecule has 1 aromatic carbocycles. The molecule has 6 heteroatoms. The number of carbonyl (C=O) groups excluding carboxylic acids is 1. The number of nitrogens with zero attached hydrogens (tertiary/aromatic N) is 2. The fourth-order valence-electron chi connectivity index (χ4n) is 2.17. The Kier molecular flexibility index (Phi) is 3.23. The molecule has 3 rings (SSSR count). The molecule has 1 heterocycles. The van der Waals surface area contributed by atoms with Crippen LogP contribution in [0.4, 0.5) is 0 Å². The van der Waals surface area contributed by atoms with Gasteiger partial charge in [0.25, 0.3) is 5.91 Å².